The smallest absolute Gasteiger partial charge is 0.407 e. The highest BCUT2D eigenvalue weighted by Crippen LogP contribution is 2.33. The molecule has 1 atom stereocenters. The Hall–Kier alpha value is -6.89. The van der Waals surface area contributed by atoms with Crippen LogP contribution in [-0.2, 0) is 27.4 Å². The molecule has 7 rings (SSSR count). The van der Waals surface area contributed by atoms with Gasteiger partial charge in [-0.15, -0.1) is 0 Å². The van der Waals surface area contributed by atoms with Crippen molar-refractivity contribution in [1.29, 1.82) is 0 Å². The third kappa shape index (κ3) is 8.43. The normalized spacial score (nSPS) is 11.8. The maximum Gasteiger partial charge on any atom is 0.407 e. The summed E-state index contributed by atoms with van der Waals surface area (Å²) in [7, 11) is 2.62. The molecule has 0 unspecified atom stereocenters. The molecule has 13 nitrogen and oxygen atoms in total. The highest BCUT2D eigenvalue weighted by molar-refractivity contribution is 6.07. The predicted molar refractivity (Wildman–Crippen MR) is 227 cm³/mol. The maximum atomic E-state index is 14.0. The van der Waals surface area contributed by atoms with Gasteiger partial charge in [-0.25, -0.2) is 19.6 Å². The molecule has 0 aliphatic carbocycles. The van der Waals surface area contributed by atoms with Crippen molar-refractivity contribution in [3.05, 3.63) is 120 Å². The molecule has 0 spiro atoms. The molecule has 0 saturated heterocycles. The molecular weight excluding hydrogens is 733 g/mol. The lowest BCUT2D eigenvalue weighted by atomic mass is 9.98. The monoisotopic (exact) mass is 780 g/mol. The van der Waals surface area contributed by atoms with Gasteiger partial charge in [0.1, 0.15) is 17.7 Å². The topological polar surface area (TPSA) is 158 Å². The fourth-order valence-electron chi connectivity index (χ4n) is 7.38. The zero-order chi connectivity index (χ0) is 40.8. The zero-order valence-electron chi connectivity index (χ0n) is 33.2. The number of carbonyl (C=O) groups excluding carboxylic acids is 3. The van der Waals surface area contributed by atoms with Crippen LogP contribution in [0.25, 0.3) is 54.7 Å². The summed E-state index contributed by atoms with van der Waals surface area (Å²) in [6, 6.07) is 29.4. The molecule has 3 amide bonds. The van der Waals surface area contributed by atoms with E-state index in [0.29, 0.717) is 24.5 Å². The molecule has 298 valence electrons. The summed E-state index contributed by atoms with van der Waals surface area (Å²) in [6.07, 6.45) is 0.475. The first-order chi connectivity index (χ1) is 28.2. The number of nitrogens with zero attached hydrogens (tertiary/aromatic N) is 4. The Morgan fingerprint density at radius 2 is 1.24 bits per heavy atom. The molecule has 0 bridgehead atoms. The number of aromatic nitrogens is 4. The minimum absolute atomic E-state index is 0.246. The first kappa shape index (κ1) is 39.3. The summed E-state index contributed by atoms with van der Waals surface area (Å²) in [5.74, 6) is 1.22. The van der Waals surface area contributed by atoms with Gasteiger partial charge in [0.25, 0.3) is 0 Å². The van der Waals surface area contributed by atoms with E-state index in [2.05, 4.69) is 93.6 Å². The number of methoxy groups -OCH3 is 2. The molecule has 58 heavy (non-hydrogen) atoms. The fourth-order valence-corrected chi connectivity index (χ4v) is 7.38. The van der Waals surface area contributed by atoms with Crippen molar-refractivity contribution in [2.24, 2.45) is 0 Å². The van der Waals surface area contributed by atoms with Crippen molar-refractivity contribution in [2.75, 3.05) is 33.9 Å². The molecular formula is C45H48N8O5. The summed E-state index contributed by atoms with van der Waals surface area (Å²) in [6.45, 7) is 10.6. The second-order valence-corrected chi connectivity index (χ2v) is 14.2. The Balaban J connectivity index is 1.12. The third-order valence-corrected chi connectivity index (χ3v) is 10.2. The number of alkyl carbamates (subject to hydrolysis) is 2. The SMILES string of the molecule is C=C(CNC(=O)OC)N(CCC)Cc1nc2c(ccc3cc(-c4ccc5c(ccc6[nH]c(CN(CCC)C(=O)[C@H](NC(=O)OC)c7ccccc7)nc65)c4)ccc32)[nH]1. The Labute approximate surface area is 336 Å². The van der Waals surface area contributed by atoms with E-state index in [-0.39, 0.29) is 19.0 Å². The van der Waals surface area contributed by atoms with Crippen LogP contribution in [0, 0.1) is 0 Å². The number of fused-ring (bicyclic) bond motifs is 6. The Bertz CT molecular complexity index is 2620. The van der Waals surface area contributed by atoms with Gasteiger partial charge in [-0.1, -0.05) is 87.2 Å². The van der Waals surface area contributed by atoms with Gasteiger partial charge in [0, 0.05) is 29.6 Å². The molecule has 0 radical (unpaired) electrons. The second kappa shape index (κ2) is 17.5. The van der Waals surface area contributed by atoms with Crippen LogP contribution in [-0.4, -0.2) is 81.7 Å². The lowest BCUT2D eigenvalue weighted by molar-refractivity contribution is -0.134. The van der Waals surface area contributed by atoms with Crippen molar-refractivity contribution in [1.82, 2.24) is 40.4 Å². The minimum Gasteiger partial charge on any atom is -0.453 e. The number of hydrogen-bond acceptors (Lipinski definition) is 8. The highest BCUT2D eigenvalue weighted by atomic mass is 16.5. The van der Waals surface area contributed by atoms with E-state index in [1.54, 1.807) is 4.90 Å². The number of ether oxygens (including phenoxy) is 2. The molecule has 0 saturated carbocycles. The van der Waals surface area contributed by atoms with Crippen LogP contribution in [0.15, 0.2) is 103 Å². The largest absolute Gasteiger partial charge is 0.453 e. The van der Waals surface area contributed by atoms with E-state index in [9.17, 15) is 14.4 Å². The number of amides is 3. The zero-order valence-corrected chi connectivity index (χ0v) is 33.2. The number of imidazole rings is 2. The number of rotatable bonds is 15. The summed E-state index contributed by atoms with van der Waals surface area (Å²) < 4.78 is 9.55. The Morgan fingerprint density at radius 1 is 0.707 bits per heavy atom. The summed E-state index contributed by atoms with van der Waals surface area (Å²) in [5.41, 5.74) is 7.16. The van der Waals surface area contributed by atoms with Crippen molar-refractivity contribution in [2.45, 2.75) is 45.8 Å². The van der Waals surface area contributed by atoms with Crippen molar-refractivity contribution >= 4 is 61.7 Å². The predicted octanol–water partition coefficient (Wildman–Crippen LogP) is 8.33. The van der Waals surface area contributed by atoms with E-state index in [1.807, 2.05) is 43.3 Å². The number of carbonyl (C=O) groups is 3. The first-order valence-corrected chi connectivity index (χ1v) is 19.4. The lowest BCUT2D eigenvalue weighted by Crippen LogP contribution is -2.43. The van der Waals surface area contributed by atoms with E-state index < -0.39 is 18.2 Å². The summed E-state index contributed by atoms with van der Waals surface area (Å²) in [5, 5.41) is 9.59. The van der Waals surface area contributed by atoms with E-state index in [1.165, 1.54) is 14.2 Å². The van der Waals surface area contributed by atoms with Crippen molar-refractivity contribution in [3.8, 4) is 11.1 Å². The average Bonchev–Trinajstić information content (AvgIpc) is 3.87. The van der Waals surface area contributed by atoms with Gasteiger partial charge in [0.15, 0.2) is 0 Å². The van der Waals surface area contributed by atoms with Crippen molar-refractivity contribution in [3.63, 3.8) is 0 Å². The third-order valence-electron chi connectivity index (χ3n) is 10.2. The van der Waals surface area contributed by atoms with Gasteiger partial charge < -0.3 is 39.9 Å². The Morgan fingerprint density at radius 3 is 1.78 bits per heavy atom. The fraction of sp³-hybridized carbons (Fsp3) is 0.267. The van der Waals surface area contributed by atoms with Gasteiger partial charge in [0.2, 0.25) is 5.91 Å². The summed E-state index contributed by atoms with van der Waals surface area (Å²) in [4.78, 5) is 58.6. The molecule has 0 fully saturated rings. The second-order valence-electron chi connectivity index (χ2n) is 14.2. The number of hydrogen-bond donors (Lipinski definition) is 4. The van der Waals surface area contributed by atoms with Crippen LogP contribution in [0.3, 0.4) is 0 Å². The van der Waals surface area contributed by atoms with Gasteiger partial charge in [-0.05, 0) is 64.6 Å². The maximum absolute atomic E-state index is 14.0. The first-order valence-electron chi connectivity index (χ1n) is 19.4. The van der Waals surface area contributed by atoms with Gasteiger partial charge in [-0.3, -0.25) is 4.79 Å². The minimum atomic E-state index is -0.904. The van der Waals surface area contributed by atoms with Crippen LogP contribution < -0.4 is 10.6 Å². The molecule has 13 heteroatoms. The standard InChI is InChI=1S/C45H48N8O5/c1-6-21-52(28(3)25-46-44(55)57-4)26-38-47-36-19-15-32-23-30(13-17-34(32)41(36)49-38)31-14-18-35-33(24-31)16-20-37-42(35)50-39(48-37)27-53(22-7-2)43(54)40(51-45(56)58-5)29-11-9-8-10-12-29/h8-20,23-24,40H,3,6-7,21-22,25-27H2,1-2,4-5H3,(H,46,55)(H,47,49)(H,48,50)(H,51,56)/t40-/m1/s1. The molecule has 7 aromatic rings. The molecule has 2 heterocycles. The van der Waals surface area contributed by atoms with Crippen LogP contribution in [0.2, 0.25) is 0 Å². The van der Waals surface area contributed by atoms with Crippen LogP contribution >= 0.6 is 0 Å². The van der Waals surface area contributed by atoms with E-state index in [4.69, 9.17) is 19.4 Å². The van der Waals surface area contributed by atoms with Gasteiger partial charge in [-0.2, -0.15) is 0 Å². The molecule has 4 N–H and O–H groups in total. The highest BCUT2D eigenvalue weighted by Gasteiger charge is 2.28. The van der Waals surface area contributed by atoms with Crippen LogP contribution in [0.4, 0.5) is 9.59 Å². The van der Waals surface area contributed by atoms with E-state index in [0.717, 1.165) is 85.6 Å². The lowest BCUT2D eigenvalue weighted by Gasteiger charge is -2.27. The van der Waals surface area contributed by atoms with E-state index >= 15 is 0 Å². The summed E-state index contributed by atoms with van der Waals surface area (Å²) >= 11 is 0. The number of nitrogens with one attached hydrogen (secondary N) is 4. The number of benzene rings is 5. The molecule has 0 aliphatic heterocycles. The average molecular weight is 781 g/mol. The van der Waals surface area contributed by atoms with Gasteiger partial charge in [0.05, 0.1) is 55.9 Å². The number of H-pyrrole nitrogens is 2. The number of aromatic amines is 2. The quantitative estimate of drug-likeness (QED) is 0.0809. The molecule has 2 aromatic heterocycles. The van der Waals surface area contributed by atoms with Crippen molar-refractivity contribution < 1.29 is 23.9 Å². The van der Waals surface area contributed by atoms with Gasteiger partial charge >= 0.3 is 12.2 Å². The Kier molecular flexibility index (Phi) is 11.9. The van der Waals surface area contributed by atoms with Crippen LogP contribution in [0.5, 0.6) is 0 Å². The van der Waals surface area contributed by atoms with Crippen LogP contribution in [0.1, 0.15) is 49.9 Å². The molecule has 0 aliphatic rings. The molecule has 5 aromatic carbocycles.